The van der Waals surface area contributed by atoms with E-state index in [1.807, 2.05) is 35.2 Å². The third-order valence-corrected chi connectivity index (χ3v) is 4.90. The number of amides is 3. The molecular weight excluding hydrogens is 340 g/mol. The molecule has 0 unspecified atom stereocenters. The Kier molecular flexibility index (Phi) is 6.08. The summed E-state index contributed by atoms with van der Waals surface area (Å²) < 4.78 is 0. The van der Waals surface area contributed by atoms with Crippen LogP contribution in [0.3, 0.4) is 0 Å². The summed E-state index contributed by atoms with van der Waals surface area (Å²) in [4.78, 5) is 28.8. The van der Waals surface area contributed by atoms with E-state index in [-0.39, 0.29) is 11.9 Å². The predicted molar refractivity (Wildman–Crippen MR) is 108 cm³/mol. The quantitative estimate of drug-likeness (QED) is 0.870. The highest BCUT2D eigenvalue weighted by atomic mass is 16.2. The molecule has 3 amide bonds. The minimum absolute atomic E-state index is 0.0486. The molecule has 1 aliphatic heterocycles. The molecule has 0 aliphatic carbocycles. The van der Waals surface area contributed by atoms with Crippen molar-refractivity contribution < 1.29 is 9.59 Å². The van der Waals surface area contributed by atoms with Gasteiger partial charge in [0.2, 0.25) is 0 Å². The smallest absolute Gasteiger partial charge is 0.323 e. The van der Waals surface area contributed by atoms with Crippen molar-refractivity contribution in [3.8, 4) is 0 Å². The fourth-order valence-corrected chi connectivity index (χ4v) is 3.28. The Hall–Kier alpha value is -2.86. The van der Waals surface area contributed by atoms with Crippen LogP contribution in [0.1, 0.15) is 23.2 Å². The van der Waals surface area contributed by atoms with Crippen LogP contribution >= 0.6 is 0 Å². The number of benzene rings is 2. The zero-order chi connectivity index (χ0) is 19.2. The lowest BCUT2D eigenvalue weighted by Gasteiger charge is -2.35. The van der Waals surface area contributed by atoms with E-state index in [0.29, 0.717) is 17.3 Å². The summed E-state index contributed by atoms with van der Waals surface area (Å²) in [6.07, 6.45) is 2.00. The van der Waals surface area contributed by atoms with E-state index < -0.39 is 0 Å². The van der Waals surface area contributed by atoms with Crippen molar-refractivity contribution in [3.05, 3.63) is 60.2 Å². The standard InChI is InChI=1S/C21H26N4O2/c1-24(2)19-12-14-25(15-13-19)20(26)16-8-10-18(11-9-16)23-21(27)22-17-6-4-3-5-7-17/h3-11,19H,12-15H2,1-2H3,(H2,22,23,27). The molecule has 27 heavy (non-hydrogen) atoms. The highest BCUT2D eigenvalue weighted by molar-refractivity contribution is 6.00. The molecule has 1 heterocycles. The van der Waals surface area contributed by atoms with E-state index in [1.54, 1.807) is 24.3 Å². The van der Waals surface area contributed by atoms with Crippen LogP contribution in [0.25, 0.3) is 0 Å². The predicted octanol–water partition coefficient (Wildman–Crippen LogP) is 3.50. The SMILES string of the molecule is CN(C)C1CCN(C(=O)c2ccc(NC(=O)Nc3ccccc3)cc2)CC1. The molecule has 1 aliphatic rings. The highest BCUT2D eigenvalue weighted by Crippen LogP contribution is 2.18. The van der Waals surface area contributed by atoms with Crippen molar-refractivity contribution in [3.63, 3.8) is 0 Å². The molecule has 0 aromatic heterocycles. The monoisotopic (exact) mass is 366 g/mol. The van der Waals surface area contributed by atoms with Gasteiger partial charge in [-0.3, -0.25) is 4.79 Å². The van der Waals surface area contributed by atoms with Gasteiger partial charge in [-0.1, -0.05) is 18.2 Å². The van der Waals surface area contributed by atoms with E-state index >= 15 is 0 Å². The Morgan fingerprint density at radius 3 is 2.00 bits per heavy atom. The van der Waals surface area contributed by atoms with Crippen molar-refractivity contribution in [2.75, 3.05) is 37.8 Å². The van der Waals surface area contributed by atoms with Gasteiger partial charge in [0.15, 0.2) is 0 Å². The van der Waals surface area contributed by atoms with Crippen LogP contribution in [0.2, 0.25) is 0 Å². The molecule has 0 bridgehead atoms. The van der Waals surface area contributed by atoms with Crippen LogP contribution in [-0.4, -0.2) is 55.0 Å². The van der Waals surface area contributed by atoms with Gasteiger partial charge in [0.05, 0.1) is 0 Å². The van der Waals surface area contributed by atoms with Gasteiger partial charge >= 0.3 is 6.03 Å². The fraction of sp³-hybridized carbons (Fsp3) is 0.333. The zero-order valence-corrected chi connectivity index (χ0v) is 15.8. The number of nitrogens with zero attached hydrogens (tertiary/aromatic N) is 2. The number of hydrogen-bond donors (Lipinski definition) is 2. The molecule has 2 aromatic rings. The van der Waals surface area contributed by atoms with Gasteiger partial charge < -0.3 is 20.4 Å². The topological polar surface area (TPSA) is 64.7 Å². The summed E-state index contributed by atoms with van der Waals surface area (Å²) in [5.41, 5.74) is 2.02. The summed E-state index contributed by atoms with van der Waals surface area (Å²) in [5, 5.41) is 5.54. The molecule has 1 fully saturated rings. The first kappa shape index (κ1) is 18.9. The minimum Gasteiger partial charge on any atom is -0.339 e. The number of likely N-dealkylation sites (tertiary alicyclic amines) is 1. The molecule has 6 nitrogen and oxygen atoms in total. The van der Waals surface area contributed by atoms with Crippen LogP contribution in [0.5, 0.6) is 0 Å². The molecule has 142 valence electrons. The van der Waals surface area contributed by atoms with Gasteiger partial charge in [0, 0.05) is 36.1 Å². The first-order chi connectivity index (χ1) is 13.0. The van der Waals surface area contributed by atoms with Crippen molar-refractivity contribution in [1.82, 2.24) is 9.80 Å². The van der Waals surface area contributed by atoms with Gasteiger partial charge in [-0.15, -0.1) is 0 Å². The zero-order valence-electron chi connectivity index (χ0n) is 15.8. The van der Waals surface area contributed by atoms with Crippen LogP contribution in [0.4, 0.5) is 16.2 Å². The van der Waals surface area contributed by atoms with Gasteiger partial charge in [0.25, 0.3) is 5.91 Å². The first-order valence-corrected chi connectivity index (χ1v) is 9.22. The van der Waals surface area contributed by atoms with Crippen LogP contribution < -0.4 is 10.6 Å². The molecule has 3 rings (SSSR count). The normalized spacial score (nSPS) is 14.9. The third-order valence-electron chi connectivity index (χ3n) is 4.90. The summed E-state index contributed by atoms with van der Waals surface area (Å²) in [7, 11) is 4.17. The number of piperidine rings is 1. The van der Waals surface area contributed by atoms with Crippen LogP contribution in [0, 0.1) is 0 Å². The Morgan fingerprint density at radius 2 is 1.44 bits per heavy atom. The number of nitrogens with one attached hydrogen (secondary N) is 2. The van der Waals surface area contributed by atoms with Crippen molar-refractivity contribution in [1.29, 1.82) is 0 Å². The average molecular weight is 366 g/mol. The number of hydrogen-bond acceptors (Lipinski definition) is 3. The van der Waals surface area contributed by atoms with E-state index in [9.17, 15) is 9.59 Å². The van der Waals surface area contributed by atoms with E-state index in [2.05, 4.69) is 29.6 Å². The molecule has 6 heteroatoms. The molecule has 2 aromatic carbocycles. The summed E-state index contributed by atoms with van der Waals surface area (Å²) in [6, 6.07) is 16.5. The molecule has 2 N–H and O–H groups in total. The molecular formula is C21H26N4O2. The van der Waals surface area contributed by atoms with Crippen molar-refractivity contribution in [2.24, 2.45) is 0 Å². The maximum absolute atomic E-state index is 12.7. The van der Waals surface area contributed by atoms with Crippen molar-refractivity contribution in [2.45, 2.75) is 18.9 Å². The Morgan fingerprint density at radius 1 is 0.889 bits per heavy atom. The minimum atomic E-state index is -0.314. The summed E-state index contributed by atoms with van der Waals surface area (Å²) in [5.74, 6) is 0.0486. The van der Waals surface area contributed by atoms with Gasteiger partial charge in [-0.05, 0) is 63.3 Å². The number of carbonyl (C=O) groups excluding carboxylic acids is 2. The summed E-state index contributed by atoms with van der Waals surface area (Å²) >= 11 is 0. The van der Waals surface area contributed by atoms with Crippen LogP contribution in [0.15, 0.2) is 54.6 Å². The lowest BCUT2D eigenvalue weighted by atomic mass is 10.0. The average Bonchev–Trinajstić information content (AvgIpc) is 2.69. The number of urea groups is 1. The second kappa shape index (κ2) is 8.68. The maximum atomic E-state index is 12.7. The van der Waals surface area contributed by atoms with Gasteiger partial charge in [-0.25, -0.2) is 4.79 Å². The lowest BCUT2D eigenvalue weighted by molar-refractivity contribution is 0.0663. The number of carbonyl (C=O) groups is 2. The Balaban J connectivity index is 1.54. The molecule has 0 atom stereocenters. The third kappa shape index (κ3) is 5.08. The number of rotatable bonds is 4. The van der Waals surface area contributed by atoms with Crippen LogP contribution in [-0.2, 0) is 0 Å². The Labute approximate surface area is 160 Å². The second-order valence-corrected chi connectivity index (χ2v) is 7.01. The van der Waals surface area contributed by atoms with Gasteiger partial charge in [-0.2, -0.15) is 0 Å². The number of para-hydroxylation sites is 1. The first-order valence-electron chi connectivity index (χ1n) is 9.22. The van der Waals surface area contributed by atoms with E-state index in [4.69, 9.17) is 0 Å². The fourth-order valence-electron chi connectivity index (χ4n) is 3.28. The van der Waals surface area contributed by atoms with Crippen molar-refractivity contribution >= 4 is 23.3 Å². The van der Waals surface area contributed by atoms with Gasteiger partial charge in [0.1, 0.15) is 0 Å². The Bertz CT molecular complexity index is 767. The lowest BCUT2D eigenvalue weighted by Crippen LogP contribution is -2.44. The second-order valence-electron chi connectivity index (χ2n) is 7.01. The largest absolute Gasteiger partial charge is 0.339 e. The number of anilines is 2. The molecule has 0 radical (unpaired) electrons. The molecule has 0 saturated carbocycles. The highest BCUT2D eigenvalue weighted by Gasteiger charge is 2.24. The molecule has 0 spiro atoms. The maximum Gasteiger partial charge on any atom is 0.323 e. The van der Waals surface area contributed by atoms with E-state index in [1.165, 1.54) is 0 Å². The molecule has 1 saturated heterocycles. The summed E-state index contributed by atoms with van der Waals surface area (Å²) in [6.45, 7) is 1.56. The van der Waals surface area contributed by atoms with E-state index in [0.717, 1.165) is 31.6 Å².